The lowest BCUT2D eigenvalue weighted by atomic mass is 9.92. The molecule has 4 rings (SSSR count). The van der Waals surface area contributed by atoms with Gasteiger partial charge >= 0.3 is 0 Å². The van der Waals surface area contributed by atoms with Crippen molar-refractivity contribution < 1.29 is 4.79 Å². The molecule has 1 spiro atoms. The predicted molar refractivity (Wildman–Crippen MR) is 106 cm³/mol. The molecule has 0 bridgehead atoms. The largest absolute Gasteiger partial charge is 0.317 e. The van der Waals surface area contributed by atoms with Gasteiger partial charge in [0.2, 0.25) is 5.91 Å². The molecule has 0 radical (unpaired) electrons. The van der Waals surface area contributed by atoms with Crippen LogP contribution in [0.2, 0.25) is 0 Å². The number of rotatable bonds is 3. The van der Waals surface area contributed by atoms with E-state index in [2.05, 4.69) is 53.7 Å². The maximum Gasteiger partial charge on any atom is 0.229 e. The van der Waals surface area contributed by atoms with Crippen molar-refractivity contribution in [3.63, 3.8) is 0 Å². The molecule has 1 unspecified atom stereocenters. The molecule has 1 amide bonds. The third kappa shape index (κ3) is 3.59. The normalized spacial score (nSPS) is 20.8. The molecule has 2 aliphatic rings. The highest BCUT2D eigenvalue weighted by atomic mass is 35.5. The number of carbonyl (C=O) groups excluding carboxylic acids is 1. The highest BCUT2D eigenvalue weighted by molar-refractivity contribution is 7.16. The fraction of sp³-hybridized carbons (Fsp3) is 0.474. The Morgan fingerprint density at radius 1 is 1.24 bits per heavy atom. The summed E-state index contributed by atoms with van der Waals surface area (Å²) in [4.78, 5) is 18.4. The van der Waals surface area contributed by atoms with E-state index in [1.54, 1.807) is 11.3 Å². The lowest BCUT2D eigenvalue weighted by Crippen LogP contribution is -2.31. The van der Waals surface area contributed by atoms with Crippen LogP contribution in [0.3, 0.4) is 0 Å². The fourth-order valence-electron chi connectivity index (χ4n) is 3.82. The number of hydrogen-bond acceptors (Lipinski definition) is 4. The van der Waals surface area contributed by atoms with Crippen LogP contribution in [0.15, 0.2) is 24.3 Å². The van der Waals surface area contributed by atoms with E-state index in [9.17, 15) is 4.79 Å². The Morgan fingerprint density at radius 3 is 2.60 bits per heavy atom. The standard InChI is InChI=1S/C19H23N3OS.ClH/c1-12-3-5-14(6-4-12)16-13(2)24-18(21-16)22-17(23)15-11-19(15)7-9-20-10-8-19;/h3-6,15,20H,7-11H2,1-2H3,(H,21,22,23);1H. The average molecular weight is 378 g/mol. The zero-order valence-electron chi connectivity index (χ0n) is 14.6. The number of hydrogen-bond donors (Lipinski definition) is 2. The quantitative estimate of drug-likeness (QED) is 0.843. The maximum absolute atomic E-state index is 12.6. The van der Waals surface area contributed by atoms with Gasteiger partial charge in [-0.3, -0.25) is 4.79 Å². The van der Waals surface area contributed by atoms with Crippen LogP contribution >= 0.6 is 23.7 Å². The van der Waals surface area contributed by atoms with Gasteiger partial charge in [-0.15, -0.1) is 23.7 Å². The first-order chi connectivity index (χ1) is 11.6. The van der Waals surface area contributed by atoms with Gasteiger partial charge in [-0.2, -0.15) is 0 Å². The third-order valence-electron chi connectivity index (χ3n) is 5.46. The van der Waals surface area contributed by atoms with E-state index in [0.29, 0.717) is 0 Å². The van der Waals surface area contributed by atoms with Crippen LogP contribution in [-0.2, 0) is 4.79 Å². The van der Waals surface area contributed by atoms with Crippen molar-refractivity contribution in [2.24, 2.45) is 11.3 Å². The molecule has 25 heavy (non-hydrogen) atoms. The number of amides is 1. The Hall–Kier alpha value is -1.43. The topological polar surface area (TPSA) is 54.0 Å². The molecule has 2 N–H and O–H groups in total. The second kappa shape index (κ2) is 7.06. The first-order valence-corrected chi connectivity index (χ1v) is 9.45. The molecule has 1 saturated heterocycles. The molecule has 2 heterocycles. The second-order valence-electron chi connectivity index (χ2n) is 7.15. The van der Waals surface area contributed by atoms with E-state index in [1.807, 2.05) is 0 Å². The lowest BCUT2D eigenvalue weighted by Gasteiger charge is -2.22. The Labute approximate surface area is 158 Å². The minimum Gasteiger partial charge on any atom is -0.317 e. The zero-order valence-corrected chi connectivity index (χ0v) is 16.2. The van der Waals surface area contributed by atoms with Gasteiger partial charge in [-0.1, -0.05) is 29.8 Å². The van der Waals surface area contributed by atoms with Gasteiger partial charge in [0.05, 0.1) is 5.69 Å². The predicted octanol–water partition coefficient (Wildman–Crippen LogP) is 4.18. The SMILES string of the molecule is Cc1ccc(-c2nc(NC(=O)C3CC34CCNCC4)sc2C)cc1.Cl. The molecule has 6 heteroatoms. The number of thiazole rings is 1. The van der Waals surface area contributed by atoms with Gasteiger partial charge in [0.25, 0.3) is 0 Å². The van der Waals surface area contributed by atoms with Crippen LogP contribution in [0.5, 0.6) is 0 Å². The van der Waals surface area contributed by atoms with Crippen LogP contribution in [-0.4, -0.2) is 24.0 Å². The summed E-state index contributed by atoms with van der Waals surface area (Å²) in [7, 11) is 0. The number of nitrogens with zero attached hydrogens (tertiary/aromatic N) is 1. The van der Waals surface area contributed by atoms with Gasteiger partial charge in [-0.05, 0) is 51.6 Å². The van der Waals surface area contributed by atoms with Crippen LogP contribution < -0.4 is 10.6 Å². The van der Waals surface area contributed by atoms with Crippen molar-refractivity contribution in [3.8, 4) is 11.3 Å². The van der Waals surface area contributed by atoms with E-state index in [0.717, 1.165) is 53.6 Å². The summed E-state index contributed by atoms with van der Waals surface area (Å²) in [5.41, 5.74) is 3.58. The van der Waals surface area contributed by atoms with Gasteiger partial charge in [0.15, 0.2) is 5.13 Å². The third-order valence-corrected chi connectivity index (χ3v) is 6.34. The Kier molecular flexibility index (Phi) is 5.19. The molecule has 1 aromatic heterocycles. The van der Waals surface area contributed by atoms with Crippen molar-refractivity contribution in [1.29, 1.82) is 0 Å². The highest BCUT2D eigenvalue weighted by Gasteiger charge is 2.57. The summed E-state index contributed by atoms with van der Waals surface area (Å²) in [6.45, 7) is 6.22. The van der Waals surface area contributed by atoms with Crippen LogP contribution in [0.1, 0.15) is 29.7 Å². The van der Waals surface area contributed by atoms with Crippen molar-refractivity contribution in [2.75, 3.05) is 18.4 Å². The lowest BCUT2D eigenvalue weighted by molar-refractivity contribution is -0.118. The molecular formula is C19H24ClN3OS. The number of halogens is 1. The van der Waals surface area contributed by atoms with E-state index in [4.69, 9.17) is 0 Å². The summed E-state index contributed by atoms with van der Waals surface area (Å²) < 4.78 is 0. The number of carbonyl (C=O) groups is 1. The number of aromatic nitrogens is 1. The van der Waals surface area contributed by atoms with Gasteiger partial charge in [-0.25, -0.2) is 4.98 Å². The van der Waals surface area contributed by atoms with Crippen molar-refractivity contribution in [2.45, 2.75) is 33.1 Å². The van der Waals surface area contributed by atoms with Crippen molar-refractivity contribution in [1.82, 2.24) is 10.3 Å². The first kappa shape index (κ1) is 18.4. The number of anilines is 1. The van der Waals surface area contributed by atoms with Gasteiger partial charge in [0.1, 0.15) is 0 Å². The number of benzene rings is 1. The number of aryl methyl sites for hydroxylation is 2. The Bertz CT molecular complexity index is 765. The average Bonchev–Trinajstić information content (AvgIpc) is 3.14. The molecule has 1 aliphatic carbocycles. The molecule has 1 aliphatic heterocycles. The van der Waals surface area contributed by atoms with E-state index in [1.165, 1.54) is 5.56 Å². The molecule has 134 valence electrons. The molecule has 1 atom stereocenters. The highest BCUT2D eigenvalue weighted by Crippen LogP contribution is 2.58. The van der Waals surface area contributed by atoms with Crippen LogP contribution in [0, 0.1) is 25.2 Å². The first-order valence-electron chi connectivity index (χ1n) is 8.63. The smallest absolute Gasteiger partial charge is 0.229 e. The van der Waals surface area contributed by atoms with Crippen molar-refractivity contribution >= 4 is 34.8 Å². The van der Waals surface area contributed by atoms with Gasteiger partial charge < -0.3 is 10.6 Å². The minimum absolute atomic E-state index is 0. The summed E-state index contributed by atoms with van der Waals surface area (Å²) in [6, 6.07) is 8.37. The van der Waals surface area contributed by atoms with Crippen LogP contribution in [0.25, 0.3) is 11.3 Å². The van der Waals surface area contributed by atoms with Crippen LogP contribution in [0.4, 0.5) is 5.13 Å². The summed E-state index contributed by atoms with van der Waals surface area (Å²) in [5.74, 6) is 0.327. The summed E-state index contributed by atoms with van der Waals surface area (Å²) >= 11 is 1.57. The molecule has 4 nitrogen and oxygen atoms in total. The van der Waals surface area contributed by atoms with Crippen molar-refractivity contribution in [3.05, 3.63) is 34.7 Å². The maximum atomic E-state index is 12.6. The van der Waals surface area contributed by atoms with E-state index >= 15 is 0 Å². The second-order valence-corrected chi connectivity index (χ2v) is 8.35. The van der Waals surface area contributed by atoms with E-state index in [-0.39, 0.29) is 29.6 Å². The number of piperidine rings is 1. The molecule has 2 aromatic rings. The molecule has 1 saturated carbocycles. The molecular weight excluding hydrogens is 354 g/mol. The zero-order chi connectivity index (χ0) is 16.7. The molecule has 1 aromatic carbocycles. The Morgan fingerprint density at radius 2 is 1.92 bits per heavy atom. The fourth-order valence-corrected chi connectivity index (χ4v) is 4.66. The van der Waals surface area contributed by atoms with E-state index < -0.39 is 0 Å². The minimum atomic E-state index is 0. The summed E-state index contributed by atoms with van der Waals surface area (Å²) in [5, 5.41) is 7.17. The molecule has 2 fully saturated rings. The Balaban J connectivity index is 0.00000182. The monoisotopic (exact) mass is 377 g/mol. The number of nitrogens with one attached hydrogen (secondary N) is 2. The summed E-state index contributed by atoms with van der Waals surface area (Å²) in [6.07, 6.45) is 3.28. The van der Waals surface area contributed by atoms with Gasteiger partial charge in [0, 0.05) is 16.4 Å².